The Labute approximate surface area is 166 Å². The van der Waals surface area contributed by atoms with Gasteiger partial charge in [-0.15, -0.1) is 0 Å². The zero-order valence-electron chi connectivity index (χ0n) is 15.6. The largest absolute Gasteiger partial charge is 0.497 e. The van der Waals surface area contributed by atoms with Crippen LogP contribution in [-0.2, 0) is 16.1 Å². The maximum atomic E-state index is 12.4. The molecule has 8 heteroatoms. The molecule has 0 aliphatic carbocycles. The number of ether oxygens (including phenoxy) is 1. The second kappa shape index (κ2) is 8.83. The van der Waals surface area contributed by atoms with Crippen LogP contribution in [0.1, 0.15) is 11.6 Å². The van der Waals surface area contributed by atoms with Crippen molar-refractivity contribution in [2.24, 2.45) is 0 Å². The fourth-order valence-electron chi connectivity index (χ4n) is 2.77. The van der Waals surface area contributed by atoms with E-state index in [2.05, 4.69) is 10.3 Å². The van der Waals surface area contributed by atoms with Crippen molar-refractivity contribution < 1.29 is 19.4 Å². The Bertz CT molecular complexity index is 1060. The zero-order valence-corrected chi connectivity index (χ0v) is 15.6. The van der Waals surface area contributed by atoms with E-state index < -0.39 is 23.5 Å². The molecule has 0 radical (unpaired) electrons. The van der Waals surface area contributed by atoms with E-state index in [1.807, 2.05) is 0 Å². The first kappa shape index (κ1) is 19.8. The summed E-state index contributed by atoms with van der Waals surface area (Å²) in [5.41, 5.74) is 1.21. The molecule has 0 saturated heterocycles. The molecule has 1 aromatic heterocycles. The summed E-state index contributed by atoms with van der Waals surface area (Å²) in [6, 6.07) is 14.2. The second-order valence-electron chi connectivity index (χ2n) is 6.22. The number of aliphatic carboxylic acids is 1. The molecule has 29 heavy (non-hydrogen) atoms. The molecule has 0 bridgehead atoms. The number of nitrogens with zero attached hydrogens (tertiary/aromatic N) is 2. The normalized spacial score (nSPS) is 11.5. The quantitative estimate of drug-likeness (QED) is 0.634. The summed E-state index contributed by atoms with van der Waals surface area (Å²) in [5.74, 6) is -1.11. The molecule has 1 atom stereocenters. The Hall–Kier alpha value is -3.94. The summed E-state index contributed by atoms with van der Waals surface area (Å²) in [6.45, 7) is -0.332. The number of carboxylic acids is 1. The van der Waals surface area contributed by atoms with Gasteiger partial charge in [-0.05, 0) is 29.8 Å². The Kier molecular flexibility index (Phi) is 6.03. The lowest BCUT2D eigenvalue weighted by Gasteiger charge is -2.15. The minimum Gasteiger partial charge on any atom is -0.497 e. The van der Waals surface area contributed by atoms with Crippen LogP contribution in [0.15, 0.2) is 71.8 Å². The first-order chi connectivity index (χ1) is 14.0. The van der Waals surface area contributed by atoms with Crippen LogP contribution in [-0.4, -0.2) is 33.6 Å². The van der Waals surface area contributed by atoms with E-state index in [0.717, 1.165) is 11.8 Å². The molecule has 0 aliphatic heterocycles. The minimum atomic E-state index is -1.21. The van der Waals surface area contributed by atoms with Crippen LogP contribution >= 0.6 is 0 Å². The highest BCUT2D eigenvalue weighted by atomic mass is 16.5. The number of carboxylic acid groups (broad SMARTS) is 1. The van der Waals surface area contributed by atoms with Crippen LogP contribution in [0.25, 0.3) is 11.3 Å². The Morgan fingerprint density at radius 3 is 2.45 bits per heavy atom. The van der Waals surface area contributed by atoms with Gasteiger partial charge in [-0.1, -0.05) is 30.3 Å². The standard InChI is InChI=1S/C21H19N3O5/c1-29-16-9-7-14(8-10-16)17-12-24(19(26)11-22-17)13-18(25)23-20(21(27)28)15-5-3-2-4-6-15/h2-12,20H,13H2,1H3,(H,23,25)(H,27,28). The van der Waals surface area contributed by atoms with Crippen LogP contribution < -0.4 is 15.6 Å². The third kappa shape index (κ3) is 4.86. The Morgan fingerprint density at radius 2 is 1.83 bits per heavy atom. The third-order valence-corrected chi connectivity index (χ3v) is 4.26. The first-order valence-corrected chi connectivity index (χ1v) is 8.76. The molecule has 1 heterocycles. The van der Waals surface area contributed by atoms with Crippen molar-refractivity contribution in [1.29, 1.82) is 0 Å². The number of methoxy groups -OCH3 is 1. The van der Waals surface area contributed by atoms with Crippen molar-refractivity contribution in [3.63, 3.8) is 0 Å². The number of hydrogen-bond donors (Lipinski definition) is 2. The fraction of sp³-hybridized carbons (Fsp3) is 0.143. The predicted octanol–water partition coefficient (Wildman–Crippen LogP) is 1.86. The van der Waals surface area contributed by atoms with E-state index in [9.17, 15) is 19.5 Å². The molecule has 2 N–H and O–H groups in total. The molecule has 148 valence electrons. The second-order valence-corrected chi connectivity index (χ2v) is 6.22. The lowest BCUT2D eigenvalue weighted by molar-refractivity contribution is -0.142. The predicted molar refractivity (Wildman–Crippen MR) is 105 cm³/mol. The van der Waals surface area contributed by atoms with E-state index in [0.29, 0.717) is 17.0 Å². The summed E-state index contributed by atoms with van der Waals surface area (Å²) in [7, 11) is 1.56. The van der Waals surface area contributed by atoms with Gasteiger partial charge < -0.3 is 19.7 Å². The lowest BCUT2D eigenvalue weighted by atomic mass is 10.1. The van der Waals surface area contributed by atoms with Gasteiger partial charge in [0.2, 0.25) is 5.91 Å². The average molecular weight is 393 g/mol. The fourth-order valence-corrected chi connectivity index (χ4v) is 2.77. The monoisotopic (exact) mass is 393 g/mol. The van der Waals surface area contributed by atoms with Gasteiger partial charge in [0.15, 0.2) is 6.04 Å². The van der Waals surface area contributed by atoms with Crippen molar-refractivity contribution in [2.45, 2.75) is 12.6 Å². The summed E-state index contributed by atoms with van der Waals surface area (Å²) < 4.78 is 6.30. The van der Waals surface area contributed by atoms with Gasteiger partial charge in [-0.2, -0.15) is 0 Å². The van der Waals surface area contributed by atoms with Gasteiger partial charge >= 0.3 is 5.97 Å². The Balaban J connectivity index is 1.79. The molecule has 8 nitrogen and oxygen atoms in total. The number of carbonyl (C=O) groups is 2. The molecular formula is C21H19N3O5. The van der Waals surface area contributed by atoms with Crippen molar-refractivity contribution in [3.8, 4) is 17.0 Å². The number of rotatable bonds is 7. The third-order valence-electron chi connectivity index (χ3n) is 4.26. The van der Waals surface area contributed by atoms with Crippen molar-refractivity contribution in [1.82, 2.24) is 14.9 Å². The van der Waals surface area contributed by atoms with E-state index in [4.69, 9.17) is 4.74 Å². The molecule has 0 spiro atoms. The molecule has 0 fully saturated rings. The molecule has 0 aliphatic rings. The number of benzene rings is 2. The van der Waals surface area contributed by atoms with Crippen molar-refractivity contribution in [2.75, 3.05) is 7.11 Å². The minimum absolute atomic E-state index is 0.332. The van der Waals surface area contributed by atoms with Crippen LogP contribution in [0.2, 0.25) is 0 Å². The average Bonchev–Trinajstić information content (AvgIpc) is 2.74. The highest BCUT2D eigenvalue weighted by molar-refractivity contribution is 5.84. The van der Waals surface area contributed by atoms with Gasteiger partial charge in [0, 0.05) is 11.8 Å². The van der Waals surface area contributed by atoms with E-state index in [1.165, 1.54) is 10.8 Å². The number of carbonyl (C=O) groups excluding carboxylic acids is 1. The van der Waals surface area contributed by atoms with Gasteiger partial charge in [0.05, 0.1) is 19.0 Å². The molecule has 1 unspecified atom stereocenters. The number of nitrogens with one attached hydrogen (secondary N) is 1. The maximum absolute atomic E-state index is 12.4. The summed E-state index contributed by atoms with van der Waals surface area (Å²) >= 11 is 0. The number of amides is 1. The van der Waals surface area contributed by atoms with Crippen molar-refractivity contribution >= 4 is 11.9 Å². The summed E-state index contributed by atoms with van der Waals surface area (Å²) in [4.78, 5) is 40.2. The SMILES string of the molecule is COc1ccc(-c2cn(CC(=O)NC(C(=O)O)c3ccccc3)c(=O)cn2)cc1. The lowest BCUT2D eigenvalue weighted by Crippen LogP contribution is -2.37. The Morgan fingerprint density at radius 1 is 1.14 bits per heavy atom. The molecular weight excluding hydrogens is 374 g/mol. The highest BCUT2D eigenvalue weighted by Crippen LogP contribution is 2.19. The molecule has 0 saturated carbocycles. The van der Waals surface area contributed by atoms with Crippen molar-refractivity contribution in [3.05, 3.63) is 82.9 Å². The van der Waals surface area contributed by atoms with E-state index in [-0.39, 0.29) is 6.54 Å². The van der Waals surface area contributed by atoms with E-state index in [1.54, 1.807) is 61.7 Å². The smallest absolute Gasteiger partial charge is 0.330 e. The summed E-state index contributed by atoms with van der Waals surface area (Å²) in [6.07, 6.45) is 2.58. The van der Waals surface area contributed by atoms with Gasteiger partial charge in [0.25, 0.3) is 5.56 Å². The molecule has 2 aromatic carbocycles. The number of aromatic nitrogens is 2. The first-order valence-electron chi connectivity index (χ1n) is 8.76. The highest BCUT2D eigenvalue weighted by Gasteiger charge is 2.22. The van der Waals surface area contributed by atoms with Crippen LogP contribution in [0, 0.1) is 0 Å². The topological polar surface area (TPSA) is 111 Å². The molecule has 3 rings (SSSR count). The zero-order chi connectivity index (χ0) is 20.8. The molecule has 1 amide bonds. The van der Waals surface area contributed by atoms with Crippen LogP contribution in [0.5, 0.6) is 5.75 Å². The van der Waals surface area contributed by atoms with Gasteiger partial charge in [0.1, 0.15) is 12.3 Å². The molecule has 3 aromatic rings. The van der Waals surface area contributed by atoms with E-state index >= 15 is 0 Å². The maximum Gasteiger partial charge on any atom is 0.330 e. The van der Waals surface area contributed by atoms with Crippen LogP contribution in [0.4, 0.5) is 0 Å². The van der Waals surface area contributed by atoms with Gasteiger partial charge in [-0.25, -0.2) is 9.78 Å². The van der Waals surface area contributed by atoms with Crippen LogP contribution in [0.3, 0.4) is 0 Å². The summed E-state index contributed by atoms with van der Waals surface area (Å²) in [5, 5.41) is 11.9. The van der Waals surface area contributed by atoms with Gasteiger partial charge in [-0.3, -0.25) is 9.59 Å². The number of hydrogen-bond acceptors (Lipinski definition) is 5.